The first-order valence-corrected chi connectivity index (χ1v) is 8.22. The molecule has 0 heterocycles. The molecule has 0 aliphatic rings. The molecule has 0 bridgehead atoms. The first-order valence-electron chi connectivity index (χ1n) is 8.22. The van der Waals surface area contributed by atoms with Crippen molar-refractivity contribution in [1.29, 1.82) is 0 Å². The van der Waals surface area contributed by atoms with Gasteiger partial charge < -0.3 is 37.6 Å². The van der Waals surface area contributed by atoms with Gasteiger partial charge in [-0.15, -0.1) is 0 Å². The molecule has 0 radical (unpaired) electrons. The zero-order chi connectivity index (χ0) is 21.3. The molecule has 0 fully saturated rings. The van der Waals surface area contributed by atoms with E-state index in [2.05, 4.69) is 16.0 Å². The maximum Gasteiger partial charge on any atom is 0.325 e. The zero-order valence-electron chi connectivity index (χ0n) is 15.4. The van der Waals surface area contributed by atoms with Gasteiger partial charge in [-0.3, -0.25) is 24.0 Å². The number of carbonyl (C=O) groups is 5. The van der Waals surface area contributed by atoms with E-state index in [-0.39, 0.29) is 12.8 Å². The molecule has 0 rings (SSSR count). The maximum absolute atomic E-state index is 12.3. The second-order valence-corrected chi connectivity index (χ2v) is 6.13. The Labute approximate surface area is 156 Å². The quantitative estimate of drug-likeness (QED) is 0.188. The monoisotopic (exact) mass is 389 g/mol. The number of carbonyl (C=O) groups excluding carboxylic acids is 4. The molecule has 0 aromatic rings. The van der Waals surface area contributed by atoms with Crippen molar-refractivity contribution in [3.63, 3.8) is 0 Å². The maximum atomic E-state index is 12.3. The summed E-state index contributed by atoms with van der Waals surface area (Å²) in [5.74, 6) is -4.33. The Morgan fingerprint density at radius 1 is 0.889 bits per heavy atom. The number of rotatable bonds is 11. The second kappa shape index (κ2) is 11.1. The fraction of sp³-hybridized carbons (Fsp3) is 0.667. The third-order valence-corrected chi connectivity index (χ3v) is 3.62. The number of primary amides is 1. The van der Waals surface area contributed by atoms with Gasteiger partial charge in [0.1, 0.15) is 24.2 Å². The van der Waals surface area contributed by atoms with Gasteiger partial charge in [0.05, 0.1) is 6.10 Å². The molecule has 12 heteroatoms. The summed E-state index contributed by atoms with van der Waals surface area (Å²) >= 11 is 0. The Hall–Kier alpha value is -2.73. The van der Waals surface area contributed by atoms with Crippen LogP contribution in [-0.4, -0.2) is 70.1 Å². The van der Waals surface area contributed by atoms with E-state index in [0.717, 1.165) is 0 Å². The molecule has 0 aliphatic carbocycles. The molecule has 0 aromatic heterocycles. The third-order valence-electron chi connectivity index (χ3n) is 3.62. The molecule has 12 nitrogen and oxygen atoms in total. The number of nitrogens with two attached hydrogens (primary N) is 2. The standard InChI is InChI=1S/C15H27N5O7/c1-6(12(23)19-7(2)15(26)27)18-13(24)9(4-5-10(16)22)20-14(25)11(17)8(3)21/h6-9,11,21H,4-5,17H2,1-3H3,(H2,16,22)(H,18,24)(H,19,23)(H,20,25)(H,26,27). The molecule has 5 unspecified atom stereocenters. The highest BCUT2D eigenvalue weighted by Crippen LogP contribution is 2.01. The number of nitrogens with one attached hydrogen (secondary N) is 3. The van der Waals surface area contributed by atoms with Gasteiger partial charge in [-0.1, -0.05) is 0 Å². The summed E-state index contributed by atoms with van der Waals surface area (Å²) < 4.78 is 0. The van der Waals surface area contributed by atoms with Gasteiger partial charge in [-0.25, -0.2) is 0 Å². The number of carboxylic acids is 1. The average molecular weight is 389 g/mol. The molecular weight excluding hydrogens is 362 g/mol. The van der Waals surface area contributed by atoms with E-state index in [1.807, 2.05) is 0 Å². The highest BCUT2D eigenvalue weighted by molar-refractivity contribution is 5.94. The molecule has 0 spiro atoms. The van der Waals surface area contributed by atoms with Crippen LogP contribution in [0.2, 0.25) is 0 Å². The van der Waals surface area contributed by atoms with Crippen LogP contribution >= 0.6 is 0 Å². The molecule has 154 valence electrons. The summed E-state index contributed by atoms with van der Waals surface area (Å²) in [6.45, 7) is 3.86. The van der Waals surface area contributed by atoms with Gasteiger partial charge >= 0.3 is 5.97 Å². The van der Waals surface area contributed by atoms with E-state index in [1.165, 1.54) is 20.8 Å². The highest BCUT2D eigenvalue weighted by Gasteiger charge is 2.28. The van der Waals surface area contributed by atoms with Crippen LogP contribution in [0.15, 0.2) is 0 Å². The van der Waals surface area contributed by atoms with Gasteiger partial charge in [-0.2, -0.15) is 0 Å². The van der Waals surface area contributed by atoms with Crippen molar-refractivity contribution in [3.05, 3.63) is 0 Å². The van der Waals surface area contributed by atoms with Crippen molar-refractivity contribution in [2.45, 2.75) is 63.9 Å². The van der Waals surface area contributed by atoms with Crippen molar-refractivity contribution < 1.29 is 34.2 Å². The van der Waals surface area contributed by atoms with Crippen LogP contribution in [0.3, 0.4) is 0 Å². The molecule has 0 saturated heterocycles. The summed E-state index contributed by atoms with van der Waals surface area (Å²) in [7, 11) is 0. The van der Waals surface area contributed by atoms with Crippen LogP contribution in [-0.2, 0) is 24.0 Å². The number of aliphatic hydroxyl groups is 1. The third kappa shape index (κ3) is 8.96. The van der Waals surface area contributed by atoms with Crippen molar-refractivity contribution >= 4 is 29.6 Å². The Morgan fingerprint density at radius 2 is 1.41 bits per heavy atom. The Kier molecular flexibility index (Phi) is 9.96. The summed E-state index contributed by atoms with van der Waals surface area (Å²) in [6, 6.07) is -4.81. The average Bonchev–Trinajstić information content (AvgIpc) is 2.56. The predicted molar refractivity (Wildman–Crippen MR) is 92.9 cm³/mol. The number of aliphatic hydroxyl groups excluding tert-OH is 1. The Morgan fingerprint density at radius 3 is 1.85 bits per heavy atom. The second-order valence-electron chi connectivity index (χ2n) is 6.13. The van der Waals surface area contributed by atoms with Crippen molar-refractivity contribution in [2.24, 2.45) is 11.5 Å². The van der Waals surface area contributed by atoms with Gasteiger partial charge in [0, 0.05) is 6.42 Å². The highest BCUT2D eigenvalue weighted by atomic mass is 16.4. The minimum atomic E-state index is -1.30. The molecule has 0 aromatic carbocycles. The van der Waals surface area contributed by atoms with Crippen LogP contribution in [0.5, 0.6) is 0 Å². The first-order chi connectivity index (χ1) is 12.4. The number of hydrogen-bond donors (Lipinski definition) is 7. The van der Waals surface area contributed by atoms with Crippen LogP contribution in [0.1, 0.15) is 33.6 Å². The number of hydrogen-bond acceptors (Lipinski definition) is 7. The molecule has 0 saturated carbocycles. The minimum Gasteiger partial charge on any atom is -0.480 e. The lowest BCUT2D eigenvalue weighted by Gasteiger charge is -2.23. The smallest absolute Gasteiger partial charge is 0.325 e. The lowest BCUT2D eigenvalue weighted by molar-refractivity contribution is -0.141. The van der Waals surface area contributed by atoms with E-state index in [9.17, 15) is 29.1 Å². The normalized spacial score (nSPS) is 16.2. The van der Waals surface area contributed by atoms with Crippen molar-refractivity contribution in [2.75, 3.05) is 0 Å². The first kappa shape index (κ1) is 24.3. The fourth-order valence-electron chi connectivity index (χ4n) is 1.82. The van der Waals surface area contributed by atoms with Crippen LogP contribution in [0.4, 0.5) is 0 Å². The SMILES string of the molecule is CC(NC(=O)C(C)NC(=O)C(CCC(N)=O)NC(=O)C(N)C(C)O)C(=O)O. The van der Waals surface area contributed by atoms with Crippen LogP contribution < -0.4 is 27.4 Å². The molecule has 27 heavy (non-hydrogen) atoms. The topological polar surface area (TPSA) is 214 Å². The Bertz CT molecular complexity index is 581. The van der Waals surface area contributed by atoms with E-state index in [4.69, 9.17) is 16.6 Å². The number of amides is 4. The zero-order valence-corrected chi connectivity index (χ0v) is 15.4. The number of aliphatic carboxylic acids is 1. The van der Waals surface area contributed by atoms with E-state index < -0.39 is 59.9 Å². The summed E-state index contributed by atoms with van der Waals surface area (Å²) in [4.78, 5) is 57.9. The van der Waals surface area contributed by atoms with Crippen molar-refractivity contribution in [3.8, 4) is 0 Å². The van der Waals surface area contributed by atoms with Gasteiger partial charge in [0.15, 0.2) is 0 Å². The molecular formula is C15H27N5O7. The van der Waals surface area contributed by atoms with Crippen molar-refractivity contribution in [1.82, 2.24) is 16.0 Å². The summed E-state index contributed by atoms with van der Waals surface area (Å²) in [5.41, 5.74) is 10.5. The Balaban J connectivity index is 5.01. The van der Waals surface area contributed by atoms with Gasteiger partial charge in [-0.05, 0) is 27.2 Å². The summed E-state index contributed by atoms with van der Waals surface area (Å²) in [6.07, 6.45) is -1.55. The van der Waals surface area contributed by atoms with E-state index >= 15 is 0 Å². The van der Waals surface area contributed by atoms with E-state index in [0.29, 0.717) is 0 Å². The van der Waals surface area contributed by atoms with E-state index in [1.54, 1.807) is 0 Å². The predicted octanol–water partition coefficient (Wildman–Crippen LogP) is -3.46. The molecule has 5 atom stereocenters. The van der Waals surface area contributed by atoms with Crippen LogP contribution in [0, 0.1) is 0 Å². The minimum absolute atomic E-state index is 0.153. The molecule has 0 aliphatic heterocycles. The lowest BCUT2D eigenvalue weighted by Crippen LogP contribution is -2.57. The largest absolute Gasteiger partial charge is 0.480 e. The number of carboxylic acid groups (broad SMARTS) is 1. The van der Waals surface area contributed by atoms with Gasteiger partial charge in [0.2, 0.25) is 23.6 Å². The molecule has 4 amide bonds. The summed E-state index contributed by atoms with van der Waals surface area (Å²) in [5, 5.41) is 24.9. The lowest BCUT2D eigenvalue weighted by atomic mass is 10.1. The van der Waals surface area contributed by atoms with Gasteiger partial charge in [0.25, 0.3) is 0 Å². The van der Waals surface area contributed by atoms with Crippen LogP contribution in [0.25, 0.3) is 0 Å². The fourth-order valence-corrected chi connectivity index (χ4v) is 1.82. The molecule has 9 N–H and O–H groups in total.